The fourth-order valence-electron chi connectivity index (χ4n) is 2.72. The minimum atomic E-state index is -1.28. The van der Waals surface area contributed by atoms with Crippen molar-refractivity contribution in [2.24, 2.45) is 5.92 Å². The molecule has 0 spiro atoms. The molecule has 1 aromatic rings. The van der Waals surface area contributed by atoms with E-state index in [0.717, 1.165) is 36.7 Å². The Morgan fingerprint density at radius 3 is 2.83 bits per heavy atom. The molecule has 0 aromatic carbocycles. The monoisotopic (exact) mass is 256 g/mol. The summed E-state index contributed by atoms with van der Waals surface area (Å²) in [5.74, 6) is -1.65. The van der Waals surface area contributed by atoms with Gasteiger partial charge in [-0.15, -0.1) is 0 Å². The maximum Gasteiger partial charge on any atom is 0.331 e. The molecule has 2 N–H and O–H groups in total. The molecule has 5 nitrogen and oxygen atoms in total. The maximum absolute atomic E-state index is 13.4. The van der Waals surface area contributed by atoms with E-state index in [1.165, 1.54) is 0 Å². The molecule has 0 bridgehead atoms. The molecule has 0 amide bonds. The molecule has 2 atom stereocenters. The Labute approximate surface area is 103 Å². The second-order valence-electron chi connectivity index (χ2n) is 4.86. The number of H-pyrrole nitrogens is 1. The summed E-state index contributed by atoms with van der Waals surface area (Å²) in [5, 5.41) is 9.64. The smallest absolute Gasteiger partial charge is 0.331 e. The number of aromatic hydroxyl groups is 1. The molecule has 0 aliphatic heterocycles. The van der Waals surface area contributed by atoms with Gasteiger partial charge in [-0.3, -0.25) is 14.3 Å². The fourth-order valence-corrected chi connectivity index (χ4v) is 2.72. The van der Waals surface area contributed by atoms with Crippen molar-refractivity contribution in [3.63, 3.8) is 0 Å². The number of nitrogens with zero attached hydrogens (tertiary/aromatic N) is 1. The summed E-state index contributed by atoms with van der Waals surface area (Å²) in [7, 11) is 0. The van der Waals surface area contributed by atoms with Crippen LogP contribution in [0.25, 0.3) is 0 Å². The Morgan fingerprint density at radius 1 is 1.44 bits per heavy atom. The summed E-state index contributed by atoms with van der Waals surface area (Å²) in [6.45, 7) is 2.07. The van der Waals surface area contributed by atoms with Crippen LogP contribution in [0.5, 0.6) is 5.88 Å². The normalized spacial score (nSPS) is 24.1. The van der Waals surface area contributed by atoms with Crippen LogP contribution >= 0.6 is 0 Å². The number of nitrogens with one attached hydrogen (secondary N) is 1. The summed E-state index contributed by atoms with van der Waals surface area (Å²) in [4.78, 5) is 24.6. The van der Waals surface area contributed by atoms with Gasteiger partial charge in [0.1, 0.15) is 0 Å². The van der Waals surface area contributed by atoms with Gasteiger partial charge in [-0.05, 0) is 18.8 Å². The van der Waals surface area contributed by atoms with Gasteiger partial charge in [0.2, 0.25) is 11.7 Å². The lowest BCUT2D eigenvalue weighted by molar-refractivity contribution is 0.230. The van der Waals surface area contributed by atoms with Crippen molar-refractivity contribution in [1.29, 1.82) is 0 Å². The van der Waals surface area contributed by atoms with Crippen LogP contribution in [-0.4, -0.2) is 14.7 Å². The molecule has 1 aliphatic rings. The lowest BCUT2D eigenvalue weighted by Gasteiger charge is -2.29. The van der Waals surface area contributed by atoms with Crippen LogP contribution in [0.15, 0.2) is 9.59 Å². The summed E-state index contributed by atoms with van der Waals surface area (Å²) < 4.78 is 14.3. The number of hydrogen-bond acceptors (Lipinski definition) is 3. The van der Waals surface area contributed by atoms with Gasteiger partial charge >= 0.3 is 5.69 Å². The Hall–Kier alpha value is -1.59. The first-order chi connectivity index (χ1) is 8.54. The molecule has 2 rings (SSSR count). The summed E-state index contributed by atoms with van der Waals surface area (Å²) in [6.07, 6.45) is 4.48. The average molecular weight is 256 g/mol. The van der Waals surface area contributed by atoms with Crippen LogP contribution in [0.4, 0.5) is 4.39 Å². The van der Waals surface area contributed by atoms with E-state index in [1.807, 2.05) is 4.98 Å². The van der Waals surface area contributed by atoms with Crippen molar-refractivity contribution >= 4 is 0 Å². The average Bonchev–Trinajstić information content (AvgIpc) is 2.36. The van der Waals surface area contributed by atoms with Crippen LogP contribution in [0, 0.1) is 11.7 Å². The predicted octanol–water partition coefficient (Wildman–Crippen LogP) is 1.52. The SMILES string of the molecule is CCC1CCCC(n2c(O)c(F)c(=O)[nH]c2=O)C1. The van der Waals surface area contributed by atoms with E-state index < -0.39 is 22.9 Å². The molecule has 6 heteroatoms. The molecule has 1 saturated carbocycles. The third kappa shape index (κ3) is 2.19. The molecule has 1 fully saturated rings. The molecular weight excluding hydrogens is 239 g/mol. The zero-order valence-corrected chi connectivity index (χ0v) is 10.3. The van der Waals surface area contributed by atoms with Crippen molar-refractivity contribution < 1.29 is 9.50 Å². The third-order valence-corrected chi connectivity index (χ3v) is 3.76. The second-order valence-corrected chi connectivity index (χ2v) is 4.86. The third-order valence-electron chi connectivity index (χ3n) is 3.76. The molecule has 100 valence electrons. The zero-order valence-electron chi connectivity index (χ0n) is 10.3. The van der Waals surface area contributed by atoms with Gasteiger partial charge in [0.15, 0.2) is 0 Å². The number of hydrogen-bond donors (Lipinski definition) is 2. The van der Waals surface area contributed by atoms with E-state index in [2.05, 4.69) is 6.92 Å². The van der Waals surface area contributed by atoms with Crippen molar-refractivity contribution in [3.8, 4) is 5.88 Å². The van der Waals surface area contributed by atoms with Crippen LogP contribution < -0.4 is 11.2 Å². The first-order valence-electron chi connectivity index (χ1n) is 6.27. The van der Waals surface area contributed by atoms with Gasteiger partial charge in [-0.25, -0.2) is 4.79 Å². The highest BCUT2D eigenvalue weighted by atomic mass is 19.1. The van der Waals surface area contributed by atoms with Crippen molar-refractivity contribution in [2.45, 2.75) is 45.1 Å². The molecule has 1 aliphatic carbocycles. The van der Waals surface area contributed by atoms with Gasteiger partial charge in [0.25, 0.3) is 5.56 Å². The van der Waals surface area contributed by atoms with Crippen molar-refractivity contribution in [3.05, 3.63) is 26.7 Å². The van der Waals surface area contributed by atoms with Crippen LogP contribution in [0.1, 0.15) is 45.1 Å². The van der Waals surface area contributed by atoms with Gasteiger partial charge < -0.3 is 5.11 Å². The Bertz CT molecular complexity index is 549. The predicted molar refractivity (Wildman–Crippen MR) is 64.2 cm³/mol. The van der Waals surface area contributed by atoms with Crippen molar-refractivity contribution in [1.82, 2.24) is 9.55 Å². The Morgan fingerprint density at radius 2 is 2.17 bits per heavy atom. The number of aromatic nitrogens is 2. The number of halogens is 1. The maximum atomic E-state index is 13.4. The van der Waals surface area contributed by atoms with E-state index in [1.54, 1.807) is 0 Å². The van der Waals surface area contributed by atoms with E-state index in [-0.39, 0.29) is 6.04 Å². The van der Waals surface area contributed by atoms with Gasteiger partial charge in [0, 0.05) is 6.04 Å². The largest absolute Gasteiger partial charge is 0.492 e. The number of rotatable bonds is 2. The van der Waals surface area contributed by atoms with E-state index in [9.17, 15) is 19.1 Å². The Kier molecular flexibility index (Phi) is 3.54. The van der Waals surface area contributed by atoms with E-state index in [4.69, 9.17) is 0 Å². The lowest BCUT2D eigenvalue weighted by Crippen LogP contribution is -2.35. The second kappa shape index (κ2) is 4.96. The van der Waals surface area contributed by atoms with E-state index in [0.29, 0.717) is 5.92 Å². The summed E-state index contributed by atoms with van der Waals surface area (Å²) >= 11 is 0. The van der Waals surface area contributed by atoms with Crippen LogP contribution in [-0.2, 0) is 0 Å². The molecule has 0 saturated heterocycles. The molecule has 2 unspecified atom stereocenters. The minimum Gasteiger partial charge on any atom is -0.492 e. The zero-order chi connectivity index (χ0) is 13.3. The Balaban J connectivity index is 2.42. The van der Waals surface area contributed by atoms with Gasteiger partial charge in [-0.1, -0.05) is 26.2 Å². The lowest BCUT2D eigenvalue weighted by atomic mass is 9.84. The molecule has 1 aromatic heterocycles. The van der Waals surface area contributed by atoms with Crippen LogP contribution in [0.2, 0.25) is 0 Å². The highest BCUT2D eigenvalue weighted by Crippen LogP contribution is 2.35. The van der Waals surface area contributed by atoms with E-state index >= 15 is 0 Å². The van der Waals surface area contributed by atoms with Gasteiger partial charge in [0.05, 0.1) is 0 Å². The first kappa shape index (κ1) is 12.9. The summed E-state index contributed by atoms with van der Waals surface area (Å²) in [5.41, 5.74) is -1.91. The molecular formula is C12H17FN2O3. The fraction of sp³-hybridized carbons (Fsp3) is 0.667. The molecule has 1 heterocycles. The quantitative estimate of drug-likeness (QED) is 0.842. The topological polar surface area (TPSA) is 75.1 Å². The minimum absolute atomic E-state index is 0.234. The van der Waals surface area contributed by atoms with Crippen LogP contribution in [0.3, 0.4) is 0 Å². The first-order valence-corrected chi connectivity index (χ1v) is 6.27. The highest BCUT2D eigenvalue weighted by molar-refractivity contribution is 5.11. The van der Waals surface area contributed by atoms with Crippen molar-refractivity contribution in [2.75, 3.05) is 0 Å². The molecule has 18 heavy (non-hydrogen) atoms. The number of aromatic amines is 1. The summed E-state index contributed by atoms with van der Waals surface area (Å²) in [6, 6.07) is -0.234. The molecule has 0 radical (unpaired) electrons. The van der Waals surface area contributed by atoms with Gasteiger partial charge in [-0.2, -0.15) is 4.39 Å². The highest BCUT2D eigenvalue weighted by Gasteiger charge is 2.26. The standard InChI is InChI=1S/C12H17FN2O3/c1-2-7-4-3-5-8(6-7)15-11(17)9(13)10(16)14-12(15)18/h7-8,17H,2-6H2,1H3,(H,14,16,18).